The van der Waals surface area contributed by atoms with E-state index in [1.807, 2.05) is 29.2 Å². The summed E-state index contributed by atoms with van der Waals surface area (Å²) in [5, 5.41) is 13.3. The van der Waals surface area contributed by atoms with Crippen molar-refractivity contribution < 1.29 is 4.42 Å². The van der Waals surface area contributed by atoms with Crippen LogP contribution in [-0.2, 0) is 20.0 Å². The van der Waals surface area contributed by atoms with Crippen LogP contribution >= 0.6 is 35.3 Å². The molecule has 3 aromatic heterocycles. The molecule has 3 rings (SSSR count). The molecule has 9 heteroatoms. The fraction of sp³-hybridized carbons (Fsp3) is 0.450. The second-order valence-corrected chi connectivity index (χ2v) is 7.79. The molecule has 0 spiro atoms. The van der Waals surface area contributed by atoms with Gasteiger partial charge in [-0.1, -0.05) is 6.07 Å². The van der Waals surface area contributed by atoms with Crippen LogP contribution in [0.3, 0.4) is 0 Å². The van der Waals surface area contributed by atoms with Crippen molar-refractivity contribution in [2.75, 3.05) is 6.54 Å². The molecule has 7 nitrogen and oxygen atoms in total. The summed E-state index contributed by atoms with van der Waals surface area (Å²) in [6.45, 7) is 9.64. The van der Waals surface area contributed by atoms with Crippen LogP contribution in [0.2, 0.25) is 0 Å². The van der Waals surface area contributed by atoms with Crippen molar-refractivity contribution in [2.24, 2.45) is 12.0 Å². The average molecular weight is 528 g/mol. The molecule has 0 saturated heterocycles. The van der Waals surface area contributed by atoms with Gasteiger partial charge in [0.25, 0.3) is 0 Å². The SMILES string of the molecule is CCNC(=NCc1coc(-c2cccs2)n1)NC(C)Cc1c(C)nn(C)c1C.I. The maximum atomic E-state index is 5.57. The molecule has 2 N–H and O–H groups in total. The lowest BCUT2D eigenvalue weighted by Gasteiger charge is -2.18. The highest BCUT2D eigenvalue weighted by Crippen LogP contribution is 2.23. The molecule has 0 amide bonds. The first-order valence-corrected chi connectivity index (χ1v) is 10.4. The van der Waals surface area contributed by atoms with Gasteiger partial charge >= 0.3 is 0 Å². The van der Waals surface area contributed by atoms with Crippen molar-refractivity contribution in [2.45, 2.75) is 46.7 Å². The van der Waals surface area contributed by atoms with Crippen LogP contribution < -0.4 is 10.6 Å². The number of nitrogens with zero attached hydrogens (tertiary/aromatic N) is 4. The topological polar surface area (TPSA) is 80.3 Å². The highest BCUT2D eigenvalue weighted by Gasteiger charge is 2.14. The van der Waals surface area contributed by atoms with Gasteiger partial charge in [0, 0.05) is 25.3 Å². The molecular formula is C20H29IN6OS. The Morgan fingerprint density at radius 2 is 2.17 bits per heavy atom. The molecular weight excluding hydrogens is 499 g/mol. The Kier molecular flexibility index (Phi) is 8.69. The Hall–Kier alpha value is -1.88. The summed E-state index contributed by atoms with van der Waals surface area (Å²) in [4.78, 5) is 10.2. The van der Waals surface area contributed by atoms with Crippen LogP contribution in [0.5, 0.6) is 0 Å². The summed E-state index contributed by atoms with van der Waals surface area (Å²) in [5.74, 6) is 1.42. The van der Waals surface area contributed by atoms with Gasteiger partial charge in [0.05, 0.1) is 17.1 Å². The highest BCUT2D eigenvalue weighted by atomic mass is 127. The number of aromatic nitrogens is 3. The van der Waals surface area contributed by atoms with Gasteiger partial charge < -0.3 is 15.1 Å². The van der Waals surface area contributed by atoms with Gasteiger partial charge in [-0.2, -0.15) is 5.10 Å². The van der Waals surface area contributed by atoms with Crippen LogP contribution in [0.1, 0.15) is 36.5 Å². The molecule has 29 heavy (non-hydrogen) atoms. The number of nitrogens with one attached hydrogen (secondary N) is 2. The lowest BCUT2D eigenvalue weighted by atomic mass is 10.1. The number of hydrogen-bond donors (Lipinski definition) is 2. The average Bonchev–Trinajstić information content (AvgIpc) is 3.38. The van der Waals surface area contributed by atoms with Crippen LogP contribution in [0.4, 0.5) is 0 Å². The van der Waals surface area contributed by atoms with E-state index in [0.717, 1.165) is 35.2 Å². The molecule has 0 aliphatic rings. The van der Waals surface area contributed by atoms with Gasteiger partial charge in [-0.3, -0.25) is 4.68 Å². The van der Waals surface area contributed by atoms with Crippen molar-refractivity contribution in [1.29, 1.82) is 0 Å². The summed E-state index contributed by atoms with van der Waals surface area (Å²) in [5.41, 5.74) is 4.39. The predicted octanol–water partition coefficient (Wildman–Crippen LogP) is 4.06. The molecule has 0 saturated carbocycles. The number of oxazole rings is 1. The largest absolute Gasteiger partial charge is 0.443 e. The maximum absolute atomic E-state index is 5.57. The molecule has 0 aliphatic heterocycles. The molecule has 0 aromatic carbocycles. The molecule has 3 aromatic rings. The minimum Gasteiger partial charge on any atom is -0.443 e. The van der Waals surface area contributed by atoms with E-state index in [1.54, 1.807) is 17.6 Å². The third-order valence-corrected chi connectivity index (χ3v) is 5.44. The zero-order chi connectivity index (χ0) is 20.1. The lowest BCUT2D eigenvalue weighted by Crippen LogP contribution is -2.43. The molecule has 0 bridgehead atoms. The number of aliphatic imine (C=N–C) groups is 1. The third kappa shape index (κ3) is 6.05. The summed E-state index contributed by atoms with van der Waals surface area (Å²) in [6.07, 6.45) is 2.57. The number of halogens is 1. The number of guanidine groups is 1. The molecule has 0 radical (unpaired) electrons. The molecule has 3 heterocycles. The van der Waals surface area contributed by atoms with Crippen molar-refractivity contribution >= 4 is 41.3 Å². The fourth-order valence-corrected chi connectivity index (χ4v) is 3.73. The number of thiophene rings is 1. The Morgan fingerprint density at radius 1 is 1.38 bits per heavy atom. The number of aryl methyl sites for hydroxylation is 2. The Labute approximate surface area is 193 Å². The second kappa shape index (κ2) is 10.8. The Bertz CT molecular complexity index is 931. The minimum absolute atomic E-state index is 0. The number of hydrogen-bond acceptors (Lipinski definition) is 5. The Morgan fingerprint density at radius 3 is 2.79 bits per heavy atom. The van der Waals surface area contributed by atoms with E-state index in [4.69, 9.17) is 4.42 Å². The monoisotopic (exact) mass is 528 g/mol. The van der Waals surface area contributed by atoms with E-state index >= 15 is 0 Å². The van der Waals surface area contributed by atoms with E-state index in [0.29, 0.717) is 12.4 Å². The van der Waals surface area contributed by atoms with Gasteiger partial charge in [-0.05, 0) is 51.1 Å². The van der Waals surface area contributed by atoms with Gasteiger partial charge in [0.15, 0.2) is 5.96 Å². The van der Waals surface area contributed by atoms with E-state index in [9.17, 15) is 0 Å². The zero-order valence-electron chi connectivity index (χ0n) is 17.5. The van der Waals surface area contributed by atoms with Crippen molar-refractivity contribution in [3.8, 4) is 10.8 Å². The highest BCUT2D eigenvalue weighted by molar-refractivity contribution is 14.0. The van der Waals surface area contributed by atoms with E-state index in [-0.39, 0.29) is 30.0 Å². The zero-order valence-corrected chi connectivity index (χ0v) is 20.7. The van der Waals surface area contributed by atoms with E-state index < -0.39 is 0 Å². The first kappa shape index (κ1) is 23.4. The van der Waals surface area contributed by atoms with Crippen molar-refractivity contribution in [3.63, 3.8) is 0 Å². The summed E-state index contributed by atoms with van der Waals surface area (Å²) in [6, 6.07) is 4.21. The van der Waals surface area contributed by atoms with E-state index in [1.165, 1.54) is 11.3 Å². The van der Waals surface area contributed by atoms with Crippen LogP contribution in [0.15, 0.2) is 33.2 Å². The number of rotatable bonds is 7. The summed E-state index contributed by atoms with van der Waals surface area (Å²) >= 11 is 1.61. The molecule has 1 atom stereocenters. The maximum Gasteiger partial charge on any atom is 0.236 e. The van der Waals surface area contributed by atoms with E-state index in [2.05, 4.69) is 53.4 Å². The Balaban J connectivity index is 0.00000300. The van der Waals surface area contributed by atoms with Gasteiger partial charge in [-0.25, -0.2) is 9.98 Å². The minimum atomic E-state index is 0. The summed E-state index contributed by atoms with van der Waals surface area (Å²) in [7, 11) is 1.98. The third-order valence-electron chi connectivity index (χ3n) is 4.58. The van der Waals surface area contributed by atoms with Gasteiger partial charge in [0.1, 0.15) is 12.0 Å². The summed E-state index contributed by atoms with van der Waals surface area (Å²) < 4.78 is 7.51. The van der Waals surface area contributed by atoms with Crippen LogP contribution in [0.25, 0.3) is 10.8 Å². The second-order valence-electron chi connectivity index (χ2n) is 6.84. The molecule has 1 unspecified atom stereocenters. The lowest BCUT2D eigenvalue weighted by molar-refractivity contribution is 0.574. The molecule has 0 fully saturated rings. The first-order valence-electron chi connectivity index (χ1n) is 9.50. The smallest absolute Gasteiger partial charge is 0.236 e. The van der Waals surface area contributed by atoms with Gasteiger partial charge in [-0.15, -0.1) is 35.3 Å². The predicted molar refractivity (Wildman–Crippen MR) is 129 cm³/mol. The molecule has 0 aliphatic carbocycles. The van der Waals surface area contributed by atoms with Crippen molar-refractivity contribution in [1.82, 2.24) is 25.4 Å². The van der Waals surface area contributed by atoms with Crippen LogP contribution in [-0.4, -0.2) is 33.3 Å². The standard InChI is InChI=1S/C20H28N6OS.HI/c1-6-21-20(23-13(2)10-17-14(3)25-26(5)15(17)4)22-11-16-12-27-19(24-16)18-8-7-9-28-18;/h7-9,12-13H,6,10-11H2,1-5H3,(H2,21,22,23);1H. The fourth-order valence-electron chi connectivity index (χ4n) is 3.08. The molecule has 158 valence electrons. The van der Waals surface area contributed by atoms with Gasteiger partial charge in [0.2, 0.25) is 5.89 Å². The first-order chi connectivity index (χ1) is 13.5. The normalized spacial score (nSPS) is 12.5. The quantitative estimate of drug-likeness (QED) is 0.275. The van der Waals surface area contributed by atoms with Crippen LogP contribution in [0, 0.1) is 13.8 Å². The van der Waals surface area contributed by atoms with Crippen molar-refractivity contribution in [3.05, 3.63) is 46.4 Å².